The Morgan fingerprint density at radius 3 is 1.73 bits per heavy atom. The van der Waals surface area contributed by atoms with Crippen molar-refractivity contribution >= 4 is 34.8 Å². The van der Waals surface area contributed by atoms with Gasteiger partial charge in [-0.1, -0.05) is 28.2 Å². The molecule has 15 heavy (non-hydrogen) atoms. The van der Waals surface area contributed by atoms with Crippen molar-refractivity contribution in [2.45, 2.75) is 13.8 Å². The fourth-order valence-corrected chi connectivity index (χ4v) is 0.424. The van der Waals surface area contributed by atoms with Crippen molar-refractivity contribution in [2.24, 2.45) is 5.73 Å². The Labute approximate surface area is 103 Å². The lowest BCUT2D eigenvalue weighted by Gasteiger charge is -1.91. The summed E-state index contributed by atoms with van der Waals surface area (Å²) in [5.74, 6) is 0. The van der Waals surface area contributed by atoms with E-state index < -0.39 is 12.2 Å². The number of carbonyl (C=O) groups is 2. The maximum absolute atomic E-state index is 9.64. The van der Waals surface area contributed by atoms with Crippen molar-refractivity contribution < 1.29 is 19.8 Å². The molecule has 0 aliphatic heterocycles. The van der Waals surface area contributed by atoms with Gasteiger partial charge in [-0.25, -0.2) is 9.59 Å². The van der Waals surface area contributed by atoms with Crippen LogP contribution in [-0.4, -0.2) is 33.4 Å². The number of halogens is 1. The normalized spacial score (nSPS) is 7.13. The van der Waals surface area contributed by atoms with Gasteiger partial charge in [0.05, 0.1) is 0 Å². The van der Waals surface area contributed by atoms with Gasteiger partial charge < -0.3 is 21.3 Å². The van der Waals surface area contributed by atoms with Crippen LogP contribution in [0.5, 0.6) is 0 Å². The van der Waals surface area contributed by atoms with E-state index in [0.29, 0.717) is 6.54 Å². The summed E-state index contributed by atoms with van der Waals surface area (Å²) in [6.07, 6.45) is -2.28. The SMILES string of the molecule is C=C(C)C.NC(=O)O.O=C(O)NCCI. The molecule has 5 N–H and O–H groups in total. The maximum atomic E-state index is 9.64. The highest BCUT2D eigenvalue weighted by Crippen LogP contribution is 1.74. The molecule has 0 fully saturated rings. The molecule has 0 radical (unpaired) electrons. The molecule has 0 aromatic carbocycles. The Morgan fingerprint density at radius 1 is 1.40 bits per heavy atom. The minimum Gasteiger partial charge on any atom is -0.465 e. The van der Waals surface area contributed by atoms with Crippen molar-refractivity contribution in [3.8, 4) is 0 Å². The third kappa shape index (κ3) is 174. The lowest BCUT2D eigenvalue weighted by molar-refractivity contribution is 0.195. The second-order valence-electron chi connectivity index (χ2n) is 2.47. The smallest absolute Gasteiger partial charge is 0.404 e. The highest BCUT2D eigenvalue weighted by atomic mass is 127. The molecule has 0 aromatic rings. The number of rotatable bonds is 2. The number of amides is 2. The largest absolute Gasteiger partial charge is 0.465 e. The number of nitrogens with two attached hydrogens (primary N) is 1. The number of alkyl halides is 1. The van der Waals surface area contributed by atoms with Crippen molar-refractivity contribution in [1.82, 2.24) is 5.32 Å². The summed E-state index contributed by atoms with van der Waals surface area (Å²) in [7, 11) is 0. The number of carboxylic acid groups (broad SMARTS) is 2. The molecule has 0 saturated heterocycles. The van der Waals surface area contributed by atoms with Gasteiger partial charge in [0.2, 0.25) is 0 Å². The first-order valence-corrected chi connectivity index (χ1v) is 5.39. The van der Waals surface area contributed by atoms with Crippen molar-refractivity contribution in [3.05, 3.63) is 12.2 Å². The van der Waals surface area contributed by atoms with E-state index in [2.05, 4.69) is 40.2 Å². The monoisotopic (exact) mass is 332 g/mol. The Kier molecular flexibility index (Phi) is 20.2. The number of nitrogens with one attached hydrogen (secondary N) is 1. The molecule has 0 aromatic heterocycles. The second-order valence-corrected chi connectivity index (χ2v) is 3.55. The molecule has 90 valence electrons. The van der Waals surface area contributed by atoms with Crippen molar-refractivity contribution in [1.29, 1.82) is 0 Å². The van der Waals surface area contributed by atoms with E-state index in [-0.39, 0.29) is 0 Å². The Bertz CT molecular complexity index is 177. The van der Waals surface area contributed by atoms with Gasteiger partial charge in [-0.2, -0.15) is 0 Å². The molecule has 2 amide bonds. The van der Waals surface area contributed by atoms with E-state index in [1.165, 1.54) is 5.57 Å². The molecule has 0 spiro atoms. The zero-order valence-corrected chi connectivity index (χ0v) is 10.9. The minimum absolute atomic E-state index is 0.538. The fourth-order valence-electron chi connectivity index (χ4n) is 0.154. The quantitative estimate of drug-likeness (QED) is 0.351. The van der Waals surface area contributed by atoms with Crippen LogP contribution in [0.25, 0.3) is 0 Å². The van der Waals surface area contributed by atoms with Crippen molar-refractivity contribution in [3.63, 3.8) is 0 Å². The Morgan fingerprint density at radius 2 is 1.67 bits per heavy atom. The molecule has 0 rings (SSSR count). The first-order valence-electron chi connectivity index (χ1n) is 3.87. The number of allylic oxidation sites excluding steroid dienone is 1. The summed E-state index contributed by atoms with van der Waals surface area (Å²) < 4.78 is 0.823. The van der Waals surface area contributed by atoms with Gasteiger partial charge in [-0.15, -0.1) is 6.58 Å². The van der Waals surface area contributed by atoms with Crippen LogP contribution in [0.3, 0.4) is 0 Å². The molecule has 0 aliphatic rings. The molecule has 0 bridgehead atoms. The summed E-state index contributed by atoms with van der Waals surface area (Å²) in [5.41, 5.74) is 5.19. The van der Waals surface area contributed by atoms with Crippen LogP contribution in [0.1, 0.15) is 13.8 Å². The highest BCUT2D eigenvalue weighted by molar-refractivity contribution is 14.1. The molecular weight excluding hydrogens is 315 g/mol. The highest BCUT2D eigenvalue weighted by Gasteiger charge is 1.87. The minimum atomic E-state index is -1.33. The summed E-state index contributed by atoms with van der Waals surface area (Å²) in [6.45, 7) is 8.04. The topological polar surface area (TPSA) is 113 Å². The number of hydrogen-bond acceptors (Lipinski definition) is 2. The lowest BCUT2D eigenvalue weighted by atomic mass is 10.4. The third-order valence-corrected chi connectivity index (χ3v) is 0.910. The average molecular weight is 332 g/mol. The molecule has 7 heteroatoms. The van der Waals surface area contributed by atoms with Crippen LogP contribution in [-0.2, 0) is 0 Å². The van der Waals surface area contributed by atoms with Crippen molar-refractivity contribution in [2.75, 3.05) is 11.0 Å². The molecule has 0 atom stereocenters. The number of hydrogen-bond donors (Lipinski definition) is 4. The summed E-state index contributed by atoms with van der Waals surface area (Å²) in [4.78, 5) is 18.4. The van der Waals surface area contributed by atoms with Gasteiger partial charge in [0.15, 0.2) is 0 Å². The molecule has 6 nitrogen and oxygen atoms in total. The van der Waals surface area contributed by atoms with Gasteiger partial charge >= 0.3 is 12.2 Å². The first-order chi connectivity index (χ1) is 6.73. The second kappa shape index (κ2) is 15.5. The van der Waals surface area contributed by atoms with Gasteiger partial charge in [0, 0.05) is 11.0 Å². The van der Waals surface area contributed by atoms with Gasteiger partial charge in [-0.3, -0.25) is 0 Å². The predicted octanol–water partition coefficient (Wildman–Crippen LogP) is 1.89. The fraction of sp³-hybridized carbons (Fsp3) is 0.500. The summed E-state index contributed by atoms with van der Waals surface area (Å²) >= 11 is 2.09. The molecule has 0 aliphatic carbocycles. The average Bonchev–Trinajstić information content (AvgIpc) is 1.98. The standard InChI is InChI=1S/C4H8.C3H6INO2.CH3NO2/c1-4(2)3;4-1-2-5-3(6)7;2-1(3)4/h1H2,2-3H3;5H,1-2H2,(H,6,7);2H2,(H,3,4). The van der Waals surface area contributed by atoms with Gasteiger partial charge in [0.1, 0.15) is 0 Å². The van der Waals surface area contributed by atoms with Crippen LogP contribution in [0.2, 0.25) is 0 Å². The Balaban J connectivity index is -0.000000155. The van der Waals surface area contributed by atoms with Crippen LogP contribution in [0.15, 0.2) is 12.2 Å². The first kappa shape index (κ1) is 19.6. The van der Waals surface area contributed by atoms with Crippen LogP contribution < -0.4 is 11.1 Å². The van der Waals surface area contributed by atoms with Crippen LogP contribution in [0, 0.1) is 0 Å². The summed E-state index contributed by atoms with van der Waals surface area (Å²) in [6, 6.07) is 0. The van der Waals surface area contributed by atoms with E-state index in [4.69, 9.17) is 15.0 Å². The van der Waals surface area contributed by atoms with E-state index in [1.54, 1.807) is 0 Å². The van der Waals surface area contributed by atoms with E-state index >= 15 is 0 Å². The third-order valence-electron chi connectivity index (χ3n) is 0.371. The molecule has 0 heterocycles. The zero-order valence-electron chi connectivity index (χ0n) is 8.79. The molecular formula is C8H17IN2O4. The lowest BCUT2D eigenvalue weighted by Crippen LogP contribution is -2.22. The van der Waals surface area contributed by atoms with Crippen LogP contribution in [0.4, 0.5) is 9.59 Å². The van der Waals surface area contributed by atoms with E-state index in [9.17, 15) is 4.79 Å². The van der Waals surface area contributed by atoms with Crippen LogP contribution >= 0.6 is 22.6 Å². The predicted molar refractivity (Wildman–Crippen MR) is 67.6 cm³/mol. The van der Waals surface area contributed by atoms with E-state index in [0.717, 1.165) is 4.43 Å². The zero-order chi connectivity index (χ0) is 12.9. The van der Waals surface area contributed by atoms with E-state index in [1.807, 2.05) is 13.8 Å². The maximum Gasteiger partial charge on any atom is 0.404 e. The number of primary amides is 1. The molecule has 0 unspecified atom stereocenters. The molecule has 0 saturated carbocycles. The Hall–Kier alpha value is -0.990. The van der Waals surface area contributed by atoms with Gasteiger partial charge in [-0.05, 0) is 13.8 Å². The summed E-state index contributed by atoms with van der Waals surface area (Å²) in [5, 5.41) is 17.3. The van der Waals surface area contributed by atoms with Gasteiger partial charge in [0.25, 0.3) is 0 Å².